The van der Waals surface area contributed by atoms with E-state index in [1.165, 1.54) is 39.0 Å². The highest BCUT2D eigenvalue weighted by atomic mass is 16.6. The number of unbranched alkanes of at least 4 members (excludes halogenated alkanes) is 1. The van der Waals surface area contributed by atoms with E-state index in [0.29, 0.717) is 0 Å². The van der Waals surface area contributed by atoms with E-state index < -0.39 is 0 Å². The van der Waals surface area contributed by atoms with Gasteiger partial charge in [0, 0.05) is 13.5 Å². The number of hydrogen-bond donors (Lipinski definition) is 1. The Balaban J connectivity index is 2.39. The summed E-state index contributed by atoms with van der Waals surface area (Å²) in [7, 11) is 0. The number of esters is 1. The predicted molar refractivity (Wildman–Crippen MR) is 65.4 cm³/mol. The number of nitrogens with one attached hydrogen (secondary N) is 1. The predicted octanol–water partition coefficient (Wildman–Crippen LogP) is 2.64. The maximum absolute atomic E-state index is 11.2. The van der Waals surface area contributed by atoms with Gasteiger partial charge >= 0.3 is 5.97 Å². The Morgan fingerprint density at radius 3 is 2.56 bits per heavy atom. The molecule has 94 valence electrons. The first-order valence-electron chi connectivity index (χ1n) is 6.59. The van der Waals surface area contributed by atoms with Crippen LogP contribution in [0.15, 0.2) is 0 Å². The average molecular weight is 227 g/mol. The van der Waals surface area contributed by atoms with Gasteiger partial charge in [-0.2, -0.15) is 0 Å². The Bertz CT molecular complexity index is 210. The van der Waals surface area contributed by atoms with Gasteiger partial charge < -0.3 is 10.1 Å². The zero-order valence-electron chi connectivity index (χ0n) is 10.7. The lowest BCUT2D eigenvalue weighted by Crippen LogP contribution is -2.46. The molecule has 1 N–H and O–H groups in total. The zero-order valence-corrected chi connectivity index (χ0v) is 10.7. The second kappa shape index (κ2) is 6.89. The van der Waals surface area contributed by atoms with Gasteiger partial charge in [-0.1, -0.05) is 19.8 Å². The Hall–Kier alpha value is -0.570. The molecular weight excluding hydrogens is 202 g/mol. The number of ether oxygens (including phenoxy) is 1. The van der Waals surface area contributed by atoms with Crippen molar-refractivity contribution in [3.05, 3.63) is 0 Å². The van der Waals surface area contributed by atoms with Gasteiger partial charge in [-0.15, -0.1) is 0 Å². The molecule has 0 aromatic heterocycles. The standard InChI is InChI=1S/C13H25NO2/c1-3-4-10-14-11-13(16-12(2)15)8-6-5-7-9-13/h14H,3-11H2,1-2H3. The summed E-state index contributed by atoms with van der Waals surface area (Å²) in [5, 5.41) is 3.42. The quantitative estimate of drug-likeness (QED) is 0.560. The number of rotatable bonds is 6. The topological polar surface area (TPSA) is 38.3 Å². The minimum Gasteiger partial charge on any atom is -0.458 e. The van der Waals surface area contributed by atoms with Crippen molar-refractivity contribution in [2.45, 2.75) is 64.4 Å². The Labute approximate surface area is 98.9 Å². The van der Waals surface area contributed by atoms with Crippen LogP contribution in [-0.4, -0.2) is 24.7 Å². The lowest BCUT2D eigenvalue weighted by atomic mass is 9.84. The highest BCUT2D eigenvalue weighted by Crippen LogP contribution is 2.31. The normalized spacial score (nSPS) is 19.4. The summed E-state index contributed by atoms with van der Waals surface area (Å²) in [6, 6.07) is 0. The molecule has 3 heteroatoms. The van der Waals surface area contributed by atoms with Gasteiger partial charge in [0.1, 0.15) is 5.60 Å². The van der Waals surface area contributed by atoms with Crippen molar-refractivity contribution < 1.29 is 9.53 Å². The summed E-state index contributed by atoms with van der Waals surface area (Å²) in [4.78, 5) is 11.2. The van der Waals surface area contributed by atoms with Gasteiger partial charge in [0.15, 0.2) is 0 Å². The van der Waals surface area contributed by atoms with Crippen molar-refractivity contribution in [3.8, 4) is 0 Å². The Kier molecular flexibility index (Phi) is 5.81. The molecule has 0 saturated heterocycles. The summed E-state index contributed by atoms with van der Waals surface area (Å²) in [6.45, 7) is 5.55. The minimum absolute atomic E-state index is 0.140. The van der Waals surface area contributed by atoms with Gasteiger partial charge in [0.25, 0.3) is 0 Å². The first-order valence-corrected chi connectivity index (χ1v) is 6.59. The van der Waals surface area contributed by atoms with Crippen LogP contribution in [0, 0.1) is 0 Å². The van der Waals surface area contributed by atoms with Gasteiger partial charge in [0.2, 0.25) is 0 Å². The fourth-order valence-corrected chi connectivity index (χ4v) is 2.43. The molecule has 0 bridgehead atoms. The second-order valence-electron chi connectivity index (χ2n) is 4.87. The third-order valence-corrected chi connectivity index (χ3v) is 3.28. The molecule has 1 saturated carbocycles. The van der Waals surface area contributed by atoms with Gasteiger partial charge in [-0.3, -0.25) is 4.79 Å². The van der Waals surface area contributed by atoms with Crippen LogP contribution in [-0.2, 0) is 9.53 Å². The zero-order chi connectivity index (χ0) is 11.9. The molecular formula is C13H25NO2. The first-order chi connectivity index (χ1) is 7.68. The maximum atomic E-state index is 11.2. The van der Waals surface area contributed by atoms with Gasteiger partial charge in [-0.05, 0) is 38.6 Å². The van der Waals surface area contributed by atoms with Crippen molar-refractivity contribution in [2.24, 2.45) is 0 Å². The number of carbonyl (C=O) groups excluding carboxylic acids is 1. The third-order valence-electron chi connectivity index (χ3n) is 3.28. The fourth-order valence-electron chi connectivity index (χ4n) is 2.43. The van der Waals surface area contributed by atoms with Crippen LogP contribution in [0.25, 0.3) is 0 Å². The molecule has 0 radical (unpaired) electrons. The van der Waals surface area contributed by atoms with Crippen LogP contribution < -0.4 is 5.32 Å². The van der Waals surface area contributed by atoms with E-state index in [9.17, 15) is 4.79 Å². The van der Waals surface area contributed by atoms with Crippen molar-refractivity contribution in [2.75, 3.05) is 13.1 Å². The Morgan fingerprint density at radius 1 is 1.31 bits per heavy atom. The van der Waals surface area contributed by atoms with Gasteiger partial charge in [0.05, 0.1) is 0 Å². The van der Waals surface area contributed by atoms with E-state index in [2.05, 4.69) is 12.2 Å². The molecule has 0 unspecified atom stereocenters. The number of hydrogen-bond acceptors (Lipinski definition) is 3. The van der Waals surface area contributed by atoms with Crippen molar-refractivity contribution in [1.29, 1.82) is 0 Å². The summed E-state index contributed by atoms with van der Waals surface area (Å²) < 4.78 is 5.56. The van der Waals surface area contributed by atoms with E-state index >= 15 is 0 Å². The Morgan fingerprint density at radius 2 is 2.00 bits per heavy atom. The molecule has 0 aromatic rings. The molecule has 0 amide bonds. The monoisotopic (exact) mass is 227 g/mol. The van der Waals surface area contributed by atoms with E-state index in [-0.39, 0.29) is 11.6 Å². The molecule has 1 rings (SSSR count). The van der Waals surface area contributed by atoms with E-state index in [1.54, 1.807) is 0 Å². The van der Waals surface area contributed by atoms with Crippen molar-refractivity contribution in [1.82, 2.24) is 5.32 Å². The minimum atomic E-state index is -0.210. The summed E-state index contributed by atoms with van der Waals surface area (Å²) in [5.74, 6) is -0.140. The van der Waals surface area contributed by atoms with Crippen molar-refractivity contribution in [3.63, 3.8) is 0 Å². The van der Waals surface area contributed by atoms with Crippen molar-refractivity contribution >= 4 is 5.97 Å². The molecule has 0 aliphatic heterocycles. The molecule has 0 aromatic carbocycles. The molecule has 1 fully saturated rings. The highest BCUT2D eigenvalue weighted by Gasteiger charge is 2.34. The van der Waals surface area contributed by atoms with E-state index in [4.69, 9.17) is 4.74 Å². The largest absolute Gasteiger partial charge is 0.458 e. The van der Waals surface area contributed by atoms with Crippen LogP contribution in [0.1, 0.15) is 58.8 Å². The summed E-state index contributed by atoms with van der Waals surface area (Å²) in [6.07, 6.45) is 8.07. The second-order valence-corrected chi connectivity index (χ2v) is 4.87. The SMILES string of the molecule is CCCCNCC1(OC(C)=O)CCCCC1. The fraction of sp³-hybridized carbons (Fsp3) is 0.923. The highest BCUT2D eigenvalue weighted by molar-refractivity contribution is 5.66. The molecule has 1 aliphatic carbocycles. The van der Waals surface area contributed by atoms with Crippen LogP contribution in [0.5, 0.6) is 0 Å². The lowest BCUT2D eigenvalue weighted by molar-refractivity contribution is -0.160. The smallest absolute Gasteiger partial charge is 0.303 e. The molecule has 0 heterocycles. The van der Waals surface area contributed by atoms with Gasteiger partial charge in [-0.25, -0.2) is 0 Å². The summed E-state index contributed by atoms with van der Waals surface area (Å²) >= 11 is 0. The van der Waals surface area contributed by atoms with Crippen LogP contribution in [0.4, 0.5) is 0 Å². The van der Waals surface area contributed by atoms with Crippen LogP contribution in [0.3, 0.4) is 0 Å². The average Bonchev–Trinajstić information content (AvgIpc) is 2.25. The lowest BCUT2D eigenvalue weighted by Gasteiger charge is -2.36. The van der Waals surface area contributed by atoms with Crippen LogP contribution >= 0.6 is 0 Å². The van der Waals surface area contributed by atoms with Crippen LogP contribution in [0.2, 0.25) is 0 Å². The molecule has 16 heavy (non-hydrogen) atoms. The van der Waals surface area contributed by atoms with E-state index in [1.807, 2.05) is 0 Å². The summed E-state index contributed by atoms with van der Waals surface area (Å²) in [5.41, 5.74) is -0.210. The first kappa shape index (κ1) is 13.5. The maximum Gasteiger partial charge on any atom is 0.303 e. The molecule has 3 nitrogen and oxygen atoms in total. The van der Waals surface area contributed by atoms with E-state index in [0.717, 1.165) is 25.9 Å². The molecule has 0 atom stereocenters. The number of carbonyl (C=O) groups is 1. The molecule has 1 aliphatic rings. The third kappa shape index (κ3) is 4.52. The molecule has 0 spiro atoms.